The molecule has 2 N–H and O–H groups in total. The second kappa shape index (κ2) is 3.82. The molecule has 0 saturated heterocycles. The molecule has 0 aromatic carbocycles. The third-order valence-corrected chi connectivity index (χ3v) is 4.48. The maximum atomic E-state index is 9.41. The normalized spacial score (nSPS) is 37.3. The fourth-order valence-corrected chi connectivity index (χ4v) is 2.68. The molecule has 2 fully saturated rings. The molecule has 0 radical (unpaired) electrons. The highest BCUT2D eigenvalue weighted by Crippen LogP contribution is 2.57. The number of aliphatic hydroxyl groups excluding tert-OH is 1. The van der Waals surface area contributed by atoms with Gasteiger partial charge in [0.05, 0.1) is 0 Å². The summed E-state index contributed by atoms with van der Waals surface area (Å²) in [4.78, 5) is 0. The van der Waals surface area contributed by atoms with Gasteiger partial charge in [0.15, 0.2) is 0 Å². The van der Waals surface area contributed by atoms with Crippen LogP contribution in [0.3, 0.4) is 0 Å². The summed E-state index contributed by atoms with van der Waals surface area (Å²) in [6, 6.07) is 0.791. The quantitative estimate of drug-likeness (QED) is 0.704. The van der Waals surface area contributed by atoms with Gasteiger partial charge in [-0.25, -0.2) is 0 Å². The van der Waals surface area contributed by atoms with Crippen LogP contribution in [0.25, 0.3) is 0 Å². The number of nitrogens with one attached hydrogen (secondary N) is 1. The van der Waals surface area contributed by atoms with Crippen LogP contribution in [0.5, 0.6) is 0 Å². The van der Waals surface area contributed by atoms with E-state index in [1.54, 1.807) is 0 Å². The lowest BCUT2D eigenvalue weighted by Gasteiger charge is -2.27. The maximum absolute atomic E-state index is 9.41. The van der Waals surface area contributed by atoms with E-state index in [1.165, 1.54) is 25.7 Å². The van der Waals surface area contributed by atoms with Gasteiger partial charge in [0.2, 0.25) is 0 Å². The van der Waals surface area contributed by atoms with Crippen LogP contribution in [0.1, 0.15) is 39.5 Å². The zero-order valence-corrected chi connectivity index (χ0v) is 9.42. The van der Waals surface area contributed by atoms with Crippen molar-refractivity contribution in [2.75, 3.05) is 13.2 Å². The van der Waals surface area contributed by atoms with Crippen molar-refractivity contribution in [1.82, 2.24) is 5.32 Å². The van der Waals surface area contributed by atoms with Crippen LogP contribution in [-0.4, -0.2) is 24.3 Å². The lowest BCUT2D eigenvalue weighted by molar-refractivity contribution is 0.153. The number of hydrogen-bond acceptors (Lipinski definition) is 2. The van der Waals surface area contributed by atoms with E-state index < -0.39 is 0 Å². The maximum Gasteiger partial charge on any atom is 0.0493 e. The lowest BCUT2D eigenvalue weighted by Crippen LogP contribution is -2.37. The van der Waals surface area contributed by atoms with E-state index in [-0.39, 0.29) is 5.41 Å². The Balaban J connectivity index is 1.73. The van der Waals surface area contributed by atoms with Crippen molar-refractivity contribution in [3.8, 4) is 0 Å². The fraction of sp³-hybridized carbons (Fsp3) is 1.00. The Morgan fingerprint density at radius 3 is 2.50 bits per heavy atom. The van der Waals surface area contributed by atoms with Crippen LogP contribution >= 0.6 is 0 Å². The standard InChI is InChI=1S/C12H23NO/c1-9(2)12(8-14)6-10(12)7-13-11-4-3-5-11/h9-11,13-14H,3-8H2,1-2H3. The van der Waals surface area contributed by atoms with Crippen LogP contribution in [0, 0.1) is 17.3 Å². The summed E-state index contributed by atoms with van der Waals surface area (Å²) in [5.41, 5.74) is 0.261. The van der Waals surface area contributed by atoms with E-state index >= 15 is 0 Å². The smallest absolute Gasteiger partial charge is 0.0493 e. The van der Waals surface area contributed by atoms with E-state index in [4.69, 9.17) is 0 Å². The van der Waals surface area contributed by atoms with Crippen LogP contribution in [-0.2, 0) is 0 Å². The number of aliphatic hydroxyl groups is 1. The minimum absolute atomic E-state index is 0.261. The first-order chi connectivity index (χ1) is 6.69. The summed E-state index contributed by atoms with van der Waals surface area (Å²) in [6.45, 7) is 5.98. The largest absolute Gasteiger partial charge is 0.396 e. The van der Waals surface area contributed by atoms with Gasteiger partial charge >= 0.3 is 0 Å². The van der Waals surface area contributed by atoms with Gasteiger partial charge in [-0.3, -0.25) is 0 Å². The molecule has 2 heteroatoms. The van der Waals surface area contributed by atoms with Crippen molar-refractivity contribution in [2.45, 2.75) is 45.6 Å². The molecule has 0 bridgehead atoms. The van der Waals surface area contributed by atoms with Gasteiger partial charge in [0, 0.05) is 18.1 Å². The SMILES string of the molecule is CC(C)C1(CO)CC1CNC1CCC1. The van der Waals surface area contributed by atoms with Gasteiger partial charge in [-0.15, -0.1) is 0 Å². The van der Waals surface area contributed by atoms with Crippen molar-refractivity contribution >= 4 is 0 Å². The predicted octanol–water partition coefficient (Wildman–Crippen LogP) is 1.78. The molecule has 2 unspecified atom stereocenters. The van der Waals surface area contributed by atoms with Gasteiger partial charge < -0.3 is 10.4 Å². The first-order valence-electron chi connectivity index (χ1n) is 6.03. The topological polar surface area (TPSA) is 32.3 Å². The second-order valence-electron chi connectivity index (χ2n) is 5.48. The van der Waals surface area contributed by atoms with Gasteiger partial charge in [0.1, 0.15) is 0 Å². The molecule has 2 aliphatic carbocycles. The summed E-state index contributed by atoms with van der Waals surface area (Å²) in [5, 5.41) is 13.0. The van der Waals surface area contributed by atoms with Crippen LogP contribution in [0.4, 0.5) is 0 Å². The number of rotatable bonds is 5. The Hall–Kier alpha value is -0.0800. The summed E-state index contributed by atoms with van der Waals surface area (Å²) in [6.07, 6.45) is 5.35. The molecular formula is C12H23NO. The average molecular weight is 197 g/mol. The molecule has 0 amide bonds. The molecule has 14 heavy (non-hydrogen) atoms. The molecule has 82 valence electrons. The Kier molecular flexibility index (Phi) is 2.85. The molecule has 0 aromatic rings. The van der Waals surface area contributed by atoms with E-state index in [1.807, 2.05) is 0 Å². The molecule has 0 heterocycles. The molecule has 0 aromatic heterocycles. The molecule has 2 nitrogen and oxygen atoms in total. The summed E-state index contributed by atoms with van der Waals surface area (Å²) < 4.78 is 0. The number of hydrogen-bond donors (Lipinski definition) is 2. The lowest BCUT2D eigenvalue weighted by atomic mass is 9.89. The van der Waals surface area contributed by atoms with Crippen LogP contribution in [0.2, 0.25) is 0 Å². The average Bonchev–Trinajstić information content (AvgIpc) is 2.77. The summed E-state index contributed by atoms with van der Waals surface area (Å²) >= 11 is 0. The van der Waals surface area contributed by atoms with E-state index in [0.29, 0.717) is 12.5 Å². The highest BCUT2D eigenvalue weighted by Gasteiger charge is 2.55. The van der Waals surface area contributed by atoms with E-state index in [0.717, 1.165) is 18.5 Å². The van der Waals surface area contributed by atoms with Crippen molar-refractivity contribution in [2.24, 2.45) is 17.3 Å². The zero-order valence-electron chi connectivity index (χ0n) is 9.42. The van der Waals surface area contributed by atoms with Crippen molar-refractivity contribution in [3.05, 3.63) is 0 Å². The zero-order chi connectivity index (χ0) is 10.2. The Morgan fingerprint density at radius 2 is 2.14 bits per heavy atom. The molecule has 2 aliphatic rings. The Morgan fingerprint density at radius 1 is 1.43 bits per heavy atom. The molecule has 0 aliphatic heterocycles. The van der Waals surface area contributed by atoms with E-state index in [9.17, 15) is 5.11 Å². The van der Waals surface area contributed by atoms with Crippen LogP contribution in [0.15, 0.2) is 0 Å². The van der Waals surface area contributed by atoms with Crippen LogP contribution < -0.4 is 5.32 Å². The van der Waals surface area contributed by atoms with Crippen molar-refractivity contribution in [1.29, 1.82) is 0 Å². The first-order valence-corrected chi connectivity index (χ1v) is 6.03. The molecule has 2 saturated carbocycles. The van der Waals surface area contributed by atoms with Crippen molar-refractivity contribution < 1.29 is 5.11 Å². The molecular weight excluding hydrogens is 174 g/mol. The fourth-order valence-electron chi connectivity index (χ4n) is 2.68. The van der Waals surface area contributed by atoms with Gasteiger partial charge in [-0.2, -0.15) is 0 Å². The van der Waals surface area contributed by atoms with Gasteiger partial charge in [-0.05, 0) is 37.6 Å². The van der Waals surface area contributed by atoms with Crippen molar-refractivity contribution in [3.63, 3.8) is 0 Å². The summed E-state index contributed by atoms with van der Waals surface area (Å²) in [7, 11) is 0. The minimum atomic E-state index is 0.261. The highest BCUT2D eigenvalue weighted by atomic mass is 16.3. The van der Waals surface area contributed by atoms with Gasteiger partial charge in [-0.1, -0.05) is 20.3 Å². The second-order valence-corrected chi connectivity index (χ2v) is 5.48. The minimum Gasteiger partial charge on any atom is -0.396 e. The monoisotopic (exact) mass is 197 g/mol. The molecule has 0 spiro atoms. The third-order valence-electron chi connectivity index (χ3n) is 4.48. The highest BCUT2D eigenvalue weighted by molar-refractivity contribution is 5.05. The Labute approximate surface area is 87.1 Å². The van der Waals surface area contributed by atoms with Gasteiger partial charge in [0.25, 0.3) is 0 Å². The van der Waals surface area contributed by atoms with E-state index in [2.05, 4.69) is 19.2 Å². The third kappa shape index (κ3) is 1.70. The predicted molar refractivity (Wildman–Crippen MR) is 58.1 cm³/mol. The molecule has 2 atom stereocenters. The Bertz CT molecular complexity index is 200. The molecule has 2 rings (SSSR count). The first kappa shape index (κ1) is 10.4. The summed E-state index contributed by atoms with van der Waals surface area (Å²) in [5.74, 6) is 1.36.